The highest BCUT2D eigenvalue weighted by Gasteiger charge is 2.20. The number of para-hydroxylation sites is 1. The van der Waals surface area contributed by atoms with E-state index in [1.54, 1.807) is 14.0 Å². The van der Waals surface area contributed by atoms with E-state index in [1.807, 2.05) is 63.2 Å². The van der Waals surface area contributed by atoms with Crippen LogP contribution in [0.25, 0.3) is 0 Å². The topological polar surface area (TPSA) is 47.6 Å². The molecule has 24 heavy (non-hydrogen) atoms. The van der Waals surface area contributed by atoms with E-state index in [2.05, 4.69) is 5.32 Å². The second-order valence-corrected chi connectivity index (χ2v) is 6.00. The highest BCUT2D eigenvalue weighted by molar-refractivity contribution is 5.81. The van der Waals surface area contributed by atoms with Gasteiger partial charge in [-0.3, -0.25) is 4.79 Å². The Hall–Kier alpha value is -2.49. The quantitative estimate of drug-likeness (QED) is 0.874. The first-order valence-electron chi connectivity index (χ1n) is 8.09. The zero-order chi connectivity index (χ0) is 17.7. The zero-order valence-corrected chi connectivity index (χ0v) is 14.9. The predicted molar refractivity (Wildman–Crippen MR) is 95.6 cm³/mol. The van der Waals surface area contributed by atoms with Crippen molar-refractivity contribution in [3.05, 3.63) is 59.2 Å². The lowest BCUT2D eigenvalue weighted by Crippen LogP contribution is -2.38. The van der Waals surface area contributed by atoms with Crippen LogP contribution in [0, 0.1) is 13.8 Å². The summed E-state index contributed by atoms with van der Waals surface area (Å²) in [6, 6.07) is 13.4. The van der Waals surface area contributed by atoms with Crippen molar-refractivity contribution in [1.29, 1.82) is 0 Å². The standard InChI is InChI=1S/C20H25NO3/c1-13-10-11-18(14(2)12-13)24-16(4)20(22)21-15(3)17-8-6-7-9-19(17)23-5/h6-12,15-16H,1-5H3,(H,21,22). The number of ether oxygens (including phenoxy) is 2. The van der Waals surface area contributed by atoms with Gasteiger partial charge in [-0.2, -0.15) is 0 Å². The summed E-state index contributed by atoms with van der Waals surface area (Å²) in [7, 11) is 1.62. The lowest BCUT2D eigenvalue weighted by molar-refractivity contribution is -0.127. The van der Waals surface area contributed by atoms with Crippen molar-refractivity contribution in [2.45, 2.75) is 39.8 Å². The molecule has 0 saturated heterocycles. The van der Waals surface area contributed by atoms with Crippen LogP contribution < -0.4 is 14.8 Å². The van der Waals surface area contributed by atoms with E-state index in [0.29, 0.717) is 0 Å². The Labute approximate surface area is 143 Å². The van der Waals surface area contributed by atoms with Crippen LogP contribution in [0.4, 0.5) is 0 Å². The molecule has 2 rings (SSSR count). The molecule has 0 spiro atoms. The molecule has 0 heterocycles. The van der Waals surface area contributed by atoms with Crippen molar-refractivity contribution in [3.8, 4) is 11.5 Å². The lowest BCUT2D eigenvalue weighted by atomic mass is 10.1. The maximum Gasteiger partial charge on any atom is 0.261 e. The molecule has 0 aliphatic rings. The van der Waals surface area contributed by atoms with Gasteiger partial charge in [0.05, 0.1) is 13.2 Å². The molecular weight excluding hydrogens is 302 g/mol. The van der Waals surface area contributed by atoms with Gasteiger partial charge in [-0.05, 0) is 45.4 Å². The Morgan fingerprint density at radius 3 is 2.42 bits per heavy atom. The van der Waals surface area contributed by atoms with Crippen LogP contribution in [0.15, 0.2) is 42.5 Å². The average molecular weight is 327 g/mol. The Balaban J connectivity index is 2.03. The molecule has 0 radical (unpaired) electrons. The maximum absolute atomic E-state index is 12.4. The molecule has 0 aliphatic heterocycles. The van der Waals surface area contributed by atoms with Gasteiger partial charge >= 0.3 is 0 Å². The number of benzene rings is 2. The van der Waals surface area contributed by atoms with Crippen molar-refractivity contribution in [1.82, 2.24) is 5.32 Å². The fourth-order valence-electron chi connectivity index (χ4n) is 2.61. The molecule has 128 valence electrons. The van der Waals surface area contributed by atoms with E-state index in [4.69, 9.17) is 9.47 Å². The molecule has 0 aromatic heterocycles. The Bertz CT molecular complexity index is 712. The van der Waals surface area contributed by atoms with E-state index in [0.717, 1.165) is 22.6 Å². The molecule has 2 atom stereocenters. The molecule has 2 aromatic rings. The van der Waals surface area contributed by atoms with Crippen LogP contribution in [-0.4, -0.2) is 19.1 Å². The monoisotopic (exact) mass is 327 g/mol. The van der Waals surface area contributed by atoms with Crippen LogP contribution >= 0.6 is 0 Å². The summed E-state index contributed by atoms with van der Waals surface area (Å²) in [6.45, 7) is 7.69. The van der Waals surface area contributed by atoms with Gasteiger partial charge in [-0.15, -0.1) is 0 Å². The number of hydrogen-bond acceptors (Lipinski definition) is 3. The van der Waals surface area contributed by atoms with E-state index < -0.39 is 6.10 Å². The smallest absolute Gasteiger partial charge is 0.261 e. The van der Waals surface area contributed by atoms with Gasteiger partial charge in [-0.1, -0.05) is 35.9 Å². The number of carbonyl (C=O) groups excluding carboxylic acids is 1. The van der Waals surface area contributed by atoms with Gasteiger partial charge in [0.1, 0.15) is 11.5 Å². The minimum absolute atomic E-state index is 0.159. The highest BCUT2D eigenvalue weighted by atomic mass is 16.5. The number of rotatable bonds is 6. The molecule has 4 nitrogen and oxygen atoms in total. The average Bonchev–Trinajstić information content (AvgIpc) is 2.57. The predicted octanol–water partition coefficient (Wildman–Crippen LogP) is 3.96. The molecule has 2 aromatic carbocycles. The first-order chi connectivity index (χ1) is 11.4. The Kier molecular flexibility index (Phi) is 5.85. The van der Waals surface area contributed by atoms with Crippen molar-refractivity contribution < 1.29 is 14.3 Å². The normalized spacial score (nSPS) is 13.0. The highest BCUT2D eigenvalue weighted by Crippen LogP contribution is 2.25. The van der Waals surface area contributed by atoms with Crippen molar-refractivity contribution in [3.63, 3.8) is 0 Å². The summed E-state index contributed by atoms with van der Waals surface area (Å²) in [5.41, 5.74) is 3.13. The fraction of sp³-hybridized carbons (Fsp3) is 0.350. The Morgan fingerprint density at radius 2 is 1.75 bits per heavy atom. The van der Waals surface area contributed by atoms with Gasteiger partial charge in [0.15, 0.2) is 6.10 Å². The maximum atomic E-state index is 12.4. The third kappa shape index (κ3) is 4.28. The third-order valence-corrected chi connectivity index (χ3v) is 3.97. The molecule has 4 heteroatoms. The summed E-state index contributed by atoms with van der Waals surface area (Å²) in [6.07, 6.45) is -0.580. The minimum atomic E-state index is -0.580. The van der Waals surface area contributed by atoms with Crippen molar-refractivity contribution >= 4 is 5.91 Å². The number of aryl methyl sites for hydroxylation is 2. The summed E-state index contributed by atoms with van der Waals surface area (Å²) in [4.78, 5) is 12.4. The van der Waals surface area contributed by atoms with Gasteiger partial charge in [0.25, 0.3) is 5.91 Å². The second kappa shape index (κ2) is 7.86. The Morgan fingerprint density at radius 1 is 1.04 bits per heavy atom. The van der Waals surface area contributed by atoms with E-state index >= 15 is 0 Å². The van der Waals surface area contributed by atoms with Crippen molar-refractivity contribution in [2.24, 2.45) is 0 Å². The summed E-state index contributed by atoms with van der Waals surface area (Å²) in [5, 5.41) is 2.98. The lowest BCUT2D eigenvalue weighted by Gasteiger charge is -2.21. The molecular formula is C20H25NO3. The van der Waals surface area contributed by atoms with E-state index in [-0.39, 0.29) is 11.9 Å². The van der Waals surface area contributed by atoms with Gasteiger partial charge in [0.2, 0.25) is 0 Å². The number of carbonyl (C=O) groups is 1. The SMILES string of the molecule is COc1ccccc1C(C)NC(=O)C(C)Oc1ccc(C)cc1C. The first kappa shape index (κ1) is 17.9. The largest absolute Gasteiger partial charge is 0.496 e. The fourth-order valence-corrected chi connectivity index (χ4v) is 2.61. The van der Waals surface area contributed by atoms with E-state index in [9.17, 15) is 4.79 Å². The number of hydrogen-bond donors (Lipinski definition) is 1. The first-order valence-corrected chi connectivity index (χ1v) is 8.09. The zero-order valence-electron chi connectivity index (χ0n) is 14.9. The van der Waals surface area contributed by atoms with Gasteiger partial charge in [0, 0.05) is 5.56 Å². The number of methoxy groups -OCH3 is 1. The molecule has 1 N–H and O–H groups in total. The summed E-state index contributed by atoms with van der Waals surface area (Å²) >= 11 is 0. The van der Waals surface area contributed by atoms with Crippen molar-refractivity contribution in [2.75, 3.05) is 7.11 Å². The minimum Gasteiger partial charge on any atom is -0.496 e. The van der Waals surface area contributed by atoms with Crippen LogP contribution in [-0.2, 0) is 4.79 Å². The molecule has 0 fully saturated rings. The molecule has 0 aliphatic carbocycles. The molecule has 2 unspecified atom stereocenters. The van der Waals surface area contributed by atoms with Crippen LogP contribution in [0.2, 0.25) is 0 Å². The molecule has 1 amide bonds. The van der Waals surface area contributed by atoms with E-state index in [1.165, 1.54) is 5.56 Å². The third-order valence-electron chi connectivity index (χ3n) is 3.97. The summed E-state index contributed by atoms with van der Waals surface area (Å²) in [5.74, 6) is 1.33. The van der Waals surface area contributed by atoms with Crippen LogP contribution in [0.3, 0.4) is 0 Å². The molecule has 0 saturated carbocycles. The summed E-state index contributed by atoms with van der Waals surface area (Å²) < 4.78 is 11.2. The van der Waals surface area contributed by atoms with Crippen LogP contribution in [0.1, 0.15) is 36.6 Å². The molecule has 0 bridgehead atoms. The second-order valence-electron chi connectivity index (χ2n) is 6.00. The number of nitrogens with one attached hydrogen (secondary N) is 1. The van der Waals surface area contributed by atoms with Gasteiger partial charge in [-0.25, -0.2) is 0 Å². The number of amides is 1. The van der Waals surface area contributed by atoms with Gasteiger partial charge < -0.3 is 14.8 Å². The van der Waals surface area contributed by atoms with Crippen LogP contribution in [0.5, 0.6) is 11.5 Å².